The lowest BCUT2D eigenvalue weighted by Gasteiger charge is -2.25. The first-order valence-electron chi connectivity index (χ1n) is 10.2. The van der Waals surface area contributed by atoms with E-state index in [4.69, 9.17) is 4.74 Å². The molecule has 1 saturated heterocycles. The molecule has 32 heavy (non-hydrogen) atoms. The van der Waals surface area contributed by atoms with Gasteiger partial charge in [-0.2, -0.15) is 0 Å². The molecule has 2 heterocycles. The van der Waals surface area contributed by atoms with Crippen LogP contribution in [0.15, 0.2) is 78.6 Å². The van der Waals surface area contributed by atoms with E-state index in [9.17, 15) is 19.8 Å². The average Bonchev–Trinajstić information content (AvgIpc) is 3.05. The largest absolute Gasteiger partial charge is 0.508 e. The average molecular weight is 430 g/mol. The molecule has 1 aliphatic rings. The Morgan fingerprint density at radius 3 is 2.56 bits per heavy atom. The number of aliphatic hydroxyl groups is 1. The third-order valence-electron chi connectivity index (χ3n) is 5.24. The second kappa shape index (κ2) is 8.93. The summed E-state index contributed by atoms with van der Waals surface area (Å²) in [5.41, 5.74) is 1.70. The number of aromatic nitrogens is 1. The molecule has 3 aromatic rings. The molecular formula is C25H22N2O5. The Labute approximate surface area is 185 Å². The first-order valence-corrected chi connectivity index (χ1v) is 10.2. The van der Waals surface area contributed by atoms with Crippen molar-refractivity contribution in [3.05, 3.63) is 95.3 Å². The zero-order valence-corrected chi connectivity index (χ0v) is 17.4. The van der Waals surface area contributed by atoms with Crippen molar-refractivity contribution in [2.45, 2.75) is 19.5 Å². The van der Waals surface area contributed by atoms with Gasteiger partial charge in [-0.25, -0.2) is 0 Å². The number of hydrogen-bond donors (Lipinski definition) is 2. The van der Waals surface area contributed by atoms with Crippen LogP contribution in [0, 0.1) is 0 Å². The summed E-state index contributed by atoms with van der Waals surface area (Å²) in [6.45, 7) is 2.44. The van der Waals surface area contributed by atoms with Gasteiger partial charge in [-0.15, -0.1) is 0 Å². The van der Waals surface area contributed by atoms with E-state index in [1.54, 1.807) is 54.9 Å². The van der Waals surface area contributed by atoms with Crippen molar-refractivity contribution in [2.75, 3.05) is 6.61 Å². The summed E-state index contributed by atoms with van der Waals surface area (Å²) in [6, 6.07) is 15.7. The smallest absolute Gasteiger partial charge is 0.295 e. The number of nitrogens with zero attached hydrogens (tertiary/aromatic N) is 2. The van der Waals surface area contributed by atoms with Crippen LogP contribution < -0.4 is 4.74 Å². The summed E-state index contributed by atoms with van der Waals surface area (Å²) < 4.78 is 5.50. The van der Waals surface area contributed by atoms with Gasteiger partial charge in [0.15, 0.2) is 0 Å². The van der Waals surface area contributed by atoms with E-state index in [1.807, 2.05) is 13.0 Å². The van der Waals surface area contributed by atoms with E-state index < -0.39 is 17.7 Å². The molecule has 1 aliphatic heterocycles. The number of benzene rings is 2. The van der Waals surface area contributed by atoms with Crippen LogP contribution in [0.3, 0.4) is 0 Å². The monoisotopic (exact) mass is 430 g/mol. The fourth-order valence-electron chi connectivity index (χ4n) is 3.79. The molecule has 2 aromatic carbocycles. The number of ketones is 1. The number of carbonyl (C=O) groups is 2. The summed E-state index contributed by atoms with van der Waals surface area (Å²) in [5, 5.41) is 20.8. The van der Waals surface area contributed by atoms with Gasteiger partial charge in [-0.05, 0) is 48.4 Å². The van der Waals surface area contributed by atoms with Crippen LogP contribution in [-0.4, -0.2) is 38.4 Å². The Hall–Kier alpha value is -4.13. The molecule has 1 fully saturated rings. The number of carbonyl (C=O) groups excluding carboxylic acids is 2. The molecule has 7 nitrogen and oxygen atoms in total. The molecule has 0 bridgehead atoms. The van der Waals surface area contributed by atoms with E-state index in [-0.39, 0.29) is 23.6 Å². The highest BCUT2D eigenvalue weighted by atomic mass is 16.5. The Kier molecular flexibility index (Phi) is 5.89. The van der Waals surface area contributed by atoms with E-state index in [1.165, 1.54) is 17.0 Å². The van der Waals surface area contributed by atoms with Crippen LogP contribution >= 0.6 is 0 Å². The quantitative estimate of drug-likeness (QED) is 0.350. The first-order chi connectivity index (χ1) is 15.5. The van der Waals surface area contributed by atoms with Crippen LogP contribution in [0.25, 0.3) is 5.76 Å². The van der Waals surface area contributed by atoms with Crippen LogP contribution in [0.5, 0.6) is 11.5 Å². The van der Waals surface area contributed by atoms with Gasteiger partial charge >= 0.3 is 0 Å². The number of hydrogen-bond acceptors (Lipinski definition) is 6. The Morgan fingerprint density at radius 1 is 1.09 bits per heavy atom. The lowest BCUT2D eigenvalue weighted by Crippen LogP contribution is -2.29. The molecule has 1 amide bonds. The summed E-state index contributed by atoms with van der Waals surface area (Å²) in [7, 11) is 0. The van der Waals surface area contributed by atoms with Crippen molar-refractivity contribution >= 4 is 17.4 Å². The number of amides is 1. The molecule has 1 atom stereocenters. The lowest BCUT2D eigenvalue weighted by atomic mass is 9.95. The molecule has 0 radical (unpaired) electrons. The zero-order valence-electron chi connectivity index (χ0n) is 17.4. The van der Waals surface area contributed by atoms with E-state index in [2.05, 4.69) is 4.98 Å². The van der Waals surface area contributed by atoms with E-state index in [0.29, 0.717) is 23.5 Å². The minimum atomic E-state index is -0.827. The van der Waals surface area contributed by atoms with Crippen molar-refractivity contribution in [1.82, 2.24) is 9.88 Å². The fourth-order valence-corrected chi connectivity index (χ4v) is 3.79. The second-order valence-corrected chi connectivity index (χ2v) is 7.34. The molecular weight excluding hydrogens is 408 g/mol. The first kappa shape index (κ1) is 21.1. The molecule has 1 aromatic heterocycles. The summed E-state index contributed by atoms with van der Waals surface area (Å²) in [5.74, 6) is -1.16. The number of phenolic OH excluding ortho intramolecular Hbond substituents is 1. The topological polar surface area (TPSA) is 100.0 Å². The van der Waals surface area contributed by atoms with Gasteiger partial charge < -0.3 is 19.8 Å². The highest BCUT2D eigenvalue weighted by Gasteiger charge is 2.46. The maximum atomic E-state index is 13.1. The summed E-state index contributed by atoms with van der Waals surface area (Å²) in [4.78, 5) is 31.6. The molecule has 0 spiro atoms. The molecule has 162 valence electrons. The normalized spacial score (nSPS) is 17.5. The molecule has 0 aliphatic carbocycles. The fraction of sp³-hybridized carbons (Fsp3) is 0.160. The van der Waals surface area contributed by atoms with Gasteiger partial charge in [0, 0.05) is 24.5 Å². The van der Waals surface area contributed by atoms with Crippen LogP contribution in [0.1, 0.15) is 29.7 Å². The predicted molar refractivity (Wildman–Crippen MR) is 118 cm³/mol. The van der Waals surface area contributed by atoms with Crippen molar-refractivity contribution < 1.29 is 24.5 Å². The molecule has 0 saturated carbocycles. The second-order valence-electron chi connectivity index (χ2n) is 7.34. The Balaban J connectivity index is 1.84. The van der Waals surface area contributed by atoms with Crippen LogP contribution in [0.2, 0.25) is 0 Å². The number of ether oxygens (including phenoxy) is 1. The summed E-state index contributed by atoms with van der Waals surface area (Å²) in [6.07, 6.45) is 3.25. The number of pyridine rings is 1. The highest BCUT2D eigenvalue weighted by molar-refractivity contribution is 6.46. The number of rotatable bonds is 6. The number of likely N-dealkylation sites (tertiary alicyclic amines) is 1. The molecule has 1 unspecified atom stereocenters. The third kappa shape index (κ3) is 4.05. The number of phenols is 1. The highest BCUT2D eigenvalue weighted by Crippen LogP contribution is 2.40. The van der Waals surface area contributed by atoms with Gasteiger partial charge in [0.2, 0.25) is 0 Å². The maximum absolute atomic E-state index is 13.1. The van der Waals surface area contributed by atoms with Crippen molar-refractivity contribution in [1.29, 1.82) is 0 Å². The SMILES string of the molecule is CCOc1cccc(/C(O)=C2/C(=O)C(=O)N(Cc3cccnc3)C2c2ccc(O)cc2)c1. The Morgan fingerprint density at radius 2 is 1.88 bits per heavy atom. The third-order valence-corrected chi connectivity index (χ3v) is 5.24. The zero-order chi connectivity index (χ0) is 22.7. The van der Waals surface area contributed by atoms with Crippen LogP contribution in [-0.2, 0) is 16.1 Å². The maximum Gasteiger partial charge on any atom is 0.295 e. The molecule has 7 heteroatoms. The Bertz CT molecular complexity index is 1170. The number of Topliss-reactive ketones (excluding diaryl/α,β-unsaturated/α-hetero) is 1. The predicted octanol–water partition coefficient (Wildman–Crippen LogP) is 3.81. The van der Waals surface area contributed by atoms with Gasteiger partial charge in [-0.1, -0.05) is 30.3 Å². The van der Waals surface area contributed by atoms with Gasteiger partial charge in [0.25, 0.3) is 11.7 Å². The van der Waals surface area contributed by atoms with Crippen molar-refractivity contribution in [3.8, 4) is 11.5 Å². The van der Waals surface area contributed by atoms with Crippen molar-refractivity contribution in [2.24, 2.45) is 0 Å². The molecule has 2 N–H and O–H groups in total. The van der Waals surface area contributed by atoms with E-state index >= 15 is 0 Å². The van der Waals surface area contributed by atoms with Gasteiger partial charge in [-0.3, -0.25) is 14.6 Å². The summed E-state index contributed by atoms with van der Waals surface area (Å²) >= 11 is 0. The standard InChI is InChI=1S/C25H22N2O5/c1-2-32-20-7-3-6-18(13-20)23(29)21-22(17-8-10-19(28)11-9-17)27(25(31)24(21)30)15-16-5-4-12-26-14-16/h3-14,22,28-29H,2,15H2,1H3/b23-21-. The van der Waals surface area contributed by atoms with Gasteiger partial charge in [0.05, 0.1) is 18.2 Å². The van der Waals surface area contributed by atoms with Crippen molar-refractivity contribution in [3.63, 3.8) is 0 Å². The lowest BCUT2D eigenvalue weighted by molar-refractivity contribution is -0.140. The number of aliphatic hydroxyl groups excluding tert-OH is 1. The minimum Gasteiger partial charge on any atom is -0.508 e. The van der Waals surface area contributed by atoms with Crippen LogP contribution in [0.4, 0.5) is 0 Å². The number of aromatic hydroxyl groups is 1. The van der Waals surface area contributed by atoms with Gasteiger partial charge in [0.1, 0.15) is 17.3 Å². The van der Waals surface area contributed by atoms with E-state index in [0.717, 1.165) is 5.56 Å². The molecule has 4 rings (SSSR count). The minimum absolute atomic E-state index is 0.0155.